The number of para-hydroxylation sites is 1. The molecule has 0 saturated carbocycles. The Balaban J connectivity index is 1.99. The van der Waals surface area contributed by atoms with Gasteiger partial charge >= 0.3 is 0 Å². The first-order valence-corrected chi connectivity index (χ1v) is 6.65. The maximum atomic E-state index is 13.7. The summed E-state index contributed by atoms with van der Waals surface area (Å²) in [6.45, 7) is 7.60. The van der Waals surface area contributed by atoms with Gasteiger partial charge in [0.1, 0.15) is 5.82 Å². The van der Waals surface area contributed by atoms with Crippen LogP contribution in [0.25, 0.3) is 10.9 Å². The topological polar surface area (TPSA) is 19.0 Å². The summed E-state index contributed by atoms with van der Waals surface area (Å²) in [6, 6.07) is 5.34. The maximum absolute atomic E-state index is 13.7. The number of hydrogen-bond acceptors (Lipinski definition) is 1. The zero-order valence-electron chi connectivity index (χ0n) is 11.0. The van der Waals surface area contributed by atoms with Crippen LogP contribution in [0.1, 0.15) is 25.1 Å². The first kappa shape index (κ1) is 11.7. The van der Waals surface area contributed by atoms with E-state index >= 15 is 0 Å². The number of H-pyrrole nitrogens is 1. The van der Waals surface area contributed by atoms with Gasteiger partial charge in [-0.05, 0) is 17.5 Å². The fourth-order valence-electron chi connectivity index (χ4n) is 2.93. The van der Waals surface area contributed by atoms with E-state index in [1.165, 1.54) is 17.3 Å². The lowest BCUT2D eigenvalue weighted by molar-refractivity contribution is 0.226. The molecular formula is C15H19FN2. The Hall–Kier alpha value is -1.35. The maximum Gasteiger partial charge on any atom is 0.147 e. The number of halogens is 1. The molecule has 1 aromatic heterocycles. The molecule has 0 bridgehead atoms. The van der Waals surface area contributed by atoms with Gasteiger partial charge in [-0.2, -0.15) is 0 Å². The van der Waals surface area contributed by atoms with Crippen LogP contribution < -0.4 is 0 Å². The molecule has 0 saturated heterocycles. The lowest BCUT2D eigenvalue weighted by Gasteiger charge is -2.28. The summed E-state index contributed by atoms with van der Waals surface area (Å²) in [5.74, 6) is 0.533. The summed E-state index contributed by atoms with van der Waals surface area (Å²) in [6.07, 6.45) is 0.996. The first-order chi connectivity index (χ1) is 8.65. The molecule has 2 aromatic rings. The molecule has 1 N–H and O–H groups in total. The average molecular weight is 246 g/mol. The van der Waals surface area contributed by atoms with Crippen molar-refractivity contribution in [2.75, 3.05) is 13.1 Å². The van der Waals surface area contributed by atoms with Gasteiger partial charge in [-0.1, -0.05) is 26.0 Å². The number of fused-ring (bicyclic) bond motifs is 3. The average Bonchev–Trinajstić information content (AvgIpc) is 2.68. The summed E-state index contributed by atoms with van der Waals surface area (Å²) in [5.41, 5.74) is 3.18. The predicted molar refractivity (Wildman–Crippen MR) is 72.1 cm³/mol. The van der Waals surface area contributed by atoms with E-state index in [1.54, 1.807) is 6.07 Å². The second-order valence-electron chi connectivity index (χ2n) is 5.62. The smallest absolute Gasteiger partial charge is 0.147 e. The van der Waals surface area contributed by atoms with Gasteiger partial charge in [-0.25, -0.2) is 4.39 Å². The Morgan fingerprint density at radius 1 is 1.39 bits per heavy atom. The highest BCUT2D eigenvalue weighted by atomic mass is 19.1. The van der Waals surface area contributed by atoms with Gasteiger partial charge in [0.15, 0.2) is 0 Å². The molecule has 0 amide bonds. The minimum Gasteiger partial charge on any atom is -0.356 e. The molecule has 1 aliphatic rings. The van der Waals surface area contributed by atoms with Gasteiger partial charge in [-0.15, -0.1) is 0 Å². The van der Waals surface area contributed by atoms with Crippen LogP contribution in [-0.2, 0) is 13.0 Å². The Kier molecular flexibility index (Phi) is 2.86. The lowest BCUT2D eigenvalue weighted by Crippen LogP contribution is -2.33. The van der Waals surface area contributed by atoms with Crippen LogP contribution in [0.5, 0.6) is 0 Å². The molecule has 2 heterocycles. The number of rotatable bonds is 2. The number of aromatic amines is 1. The number of nitrogens with one attached hydrogen (secondary N) is 1. The van der Waals surface area contributed by atoms with Crippen LogP contribution in [0.4, 0.5) is 4.39 Å². The lowest BCUT2D eigenvalue weighted by atomic mass is 10.0. The number of hydrogen-bond donors (Lipinski definition) is 1. The molecule has 1 aliphatic heterocycles. The fraction of sp³-hybridized carbons (Fsp3) is 0.467. The monoisotopic (exact) mass is 246 g/mol. The zero-order chi connectivity index (χ0) is 12.7. The second kappa shape index (κ2) is 4.39. The minimum atomic E-state index is -0.141. The third-order valence-corrected chi connectivity index (χ3v) is 3.66. The van der Waals surface area contributed by atoms with Crippen molar-refractivity contribution in [3.63, 3.8) is 0 Å². The van der Waals surface area contributed by atoms with Crippen molar-refractivity contribution in [1.82, 2.24) is 9.88 Å². The second-order valence-corrected chi connectivity index (χ2v) is 5.62. The Morgan fingerprint density at radius 3 is 3.00 bits per heavy atom. The highest BCUT2D eigenvalue weighted by Gasteiger charge is 2.21. The molecule has 2 nitrogen and oxygen atoms in total. The molecule has 18 heavy (non-hydrogen) atoms. The van der Waals surface area contributed by atoms with Crippen LogP contribution in [0.3, 0.4) is 0 Å². The molecular weight excluding hydrogens is 227 g/mol. The third-order valence-electron chi connectivity index (χ3n) is 3.66. The molecule has 3 rings (SSSR count). The predicted octanol–water partition coefficient (Wildman–Crippen LogP) is 3.32. The third kappa shape index (κ3) is 1.93. The summed E-state index contributed by atoms with van der Waals surface area (Å²) in [4.78, 5) is 5.72. The van der Waals surface area contributed by atoms with Crippen molar-refractivity contribution in [2.24, 2.45) is 5.92 Å². The summed E-state index contributed by atoms with van der Waals surface area (Å²) >= 11 is 0. The summed E-state index contributed by atoms with van der Waals surface area (Å²) in [5, 5.41) is 1.05. The molecule has 0 fully saturated rings. The standard InChI is InChI=1S/C15H19FN2/c1-10(2)8-18-7-6-14-12(9-18)11-4-3-5-13(16)15(11)17-14/h3-5,10,17H,6-9H2,1-2H3. The molecule has 1 aromatic carbocycles. The zero-order valence-corrected chi connectivity index (χ0v) is 11.0. The van der Waals surface area contributed by atoms with E-state index in [-0.39, 0.29) is 5.82 Å². The number of benzene rings is 1. The van der Waals surface area contributed by atoms with Gasteiger partial charge in [0, 0.05) is 37.1 Å². The Bertz CT molecular complexity index is 571. The van der Waals surface area contributed by atoms with E-state index in [0.717, 1.165) is 31.4 Å². The van der Waals surface area contributed by atoms with Gasteiger partial charge < -0.3 is 4.98 Å². The van der Waals surface area contributed by atoms with Gasteiger partial charge in [-0.3, -0.25) is 4.90 Å². The van der Waals surface area contributed by atoms with E-state index in [1.807, 2.05) is 6.07 Å². The molecule has 0 spiro atoms. The van der Waals surface area contributed by atoms with E-state index < -0.39 is 0 Å². The van der Waals surface area contributed by atoms with Crippen molar-refractivity contribution >= 4 is 10.9 Å². The van der Waals surface area contributed by atoms with Crippen LogP contribution in [-0.4, -0.2) is 23.0 Å². The van der Waals surface area contributed by atoms with E-state index in [2.05, 4.69) is 23.7 Å². The summed E-state index contributed by atoms with van der Waals surface area (Å²) < 4.78 is 13.7. The molecule has 0 radical (unpaired) electrons. The van der Waals surface area contributed by atoms with Crippen molar-refractivity contribution in [3.05, 3.63) is 35.3 Å². The number of nitrogens with zero attached hydrogens (tertiary/aromatic N) is 1. The van der Waals surface area contributed by atoms with Gasteiger partial charge in [0.05, 0.1) is 5.52 Å². The molecule has 0 aliphatic carbocycles. The van der Waals surface area contributed by atoms with E-state index in [9.17, 15) is 4.39 Å². The van der Waals surface area contributed by atoms with Crippen LogP contribution >= 0.6 is 0 Å². The molecule has 96 valence electrons. The van der Waals surface area contributed by atoms with E-state index in [0.29, 0.717) is 11.4 Å². The molecule has 3 heteroatoms. The van der Waals surface area contributed by atoms with Crippen LogP contribution in [0.15, 0.2) is 18.2 Å². The highest BCUT2D eigenvalue weighted by Crippen LogP contribution is 2.29. The van der Waals surface area contributed by atoms with Crippen molar-refractivity contribution < 1.29 is 4.39 Å². The summed E-state index contributed by atoms with van der Waals surface area (Å²) in [7, 11) is 0. The van der Waals surface area contributed by atoms with Gasteiger partial charge in [0.25, 0.3) is 0 Å². The quantitative estimate of drug-likeness (QED) is 0.861. The minimum absolute atomic E-state index is 0.141. The van der Waals surface area contributed by atoms with E-state index in [4.69, 9.17) is 0 Å². The van der Waals surface area contributed by atoms with Gasteiger partial charge in [0.2, 0.25) is 0 Å². The van der Waals surface area contributed by atoms with Crippen molar-refractivity contribution in [3.8, 4) is 0 Å². The largest absolute Gasteiger partial charge is 0.356 e. The SMILES string of the molecule is CC(C)CN1CCc2[nH]c3c(F)cccc3c2C1. The Morgan fingerprint density at radius 2 is 2.22 bits per heavy atom. The molecule has 0 unspecified atom stereocenters. The van der Waals surface area contributed by atoms with Crippen LogP contribution in [0.2, 0.25) is 0 Å². The normalized spacial score (nSPS) is 16.4. The number of aromatic nitrogens is 1. The highest BCUT2D eigenvalue weighted by molar-refractivity contribution is 5.85. The fourth-order valence-corrected chi connectivity index (χ4v) is 2.93. The Labute approximate surface area is 107 Å². The van der Waals surface area contributed by atoms with Crippen molar-refractivity contribution in [2.45, 2.75) is 26.8 Å². The van der Waals surface area contributed by atoms with Crippen LogP contribution in [0, 0.1) is 11.7 Å². The van der Waals surface area contributed by atoms with Crippen molar-refractivity contribution in [1.29, 1.82) is 0 Å². The first-order valence-electron chi connectivity index (χ1n) is 6.65. The molecule has 0 atom stereocenters.